The Labute approximate surface area is 112 Å². The van der Waals surface area contributed by atoms with Crippen LogP contribution in [-0.4, -0.2) is 18.2 Å². The molecule has 0 fully saturated rings. The number of benzene rings is 2. The second kappa shape index (κ2) is 5.24. The minimum atomic E-state index is -1.23. The molecule has 0 saturated carbocycles. The molecule has 0 radical (unpaired) electrons. The Balaban J connectivity index is 2.63. The lowest BCUT2D eigenvalue weighted by molar-refractivity contribution is 0.0693. The fourth-order valence-corrected chi connectivity index (χ4v) is 1.84. The summed E-state index contributed by atoms with van der Waals surface area (Å²) in [5.41, 5.74) is -0.525. The molecule has 2 aromatic carbocycles. The van der Waals surface area contributed by atoms with Crippen LogP contribution >= 0.6 is 0 Å². The summed E-state index contributed by atoms with van der Waals surface area (Å²) in [5.74, 6) is -4.45. The molecule has 0 saturated heterocycles. The van der Waals surface area contributed by atoms with Crippen LogP contribution in [0.5, 0.6) is 5.75 Å². The third-order valence-electron chi connectivity index (χ3n) is 2.73. The van der Waals surface area contributed by atoms with E-state index in [-0.39, 0.29) is 16.9 Å². The zero-order chi connectivity index (χ0) is 14.9. The van der Waals surface area contributed by atoms with Gasteiger partial charge in [0.25, 0.3) is 0 Å². The Bertz CT molecular complexity index is 660. The number of hydrogen-bond acceptors (Lipinski definition) is 2. The number of halogens is 3. The molecule has 0 amide bonds. The lowest BCUT2D eigenvalue weighted by atomic mass is 10.0. The van der Waals surface area contributed by atoms with Crippen molar-refractivity contribution in [3.8, 4) is 16.9 Å². The van der Waals surface area contributed by atoms with Gasteiger partial charge in [-0.1, -0.05) is 6.07 Å². The number of rotatable bonds is 3. The average molecular weight is 282 g/mol. The lowest BCUT2D eigenvalue weighted by Crippen LogP contribution is -2.01. The van der Waals surface area contributed by atoms with Crippen LogP contribution in [0.2, 0.25) is 0 Å². The van der Waals surface area contributed by atoms with E-state index in [1.54, 1.807) is 0 Å². The van der Waals surface area contributed by atoms with Crippen LogP contribution in [0.1, 0.15) is 10.4 Å². The summed E-state index contributed by atoms with van der Waals surface area (Å²) in [7, 11) is 1.24. The van der Waals surface area contributed by atoms with Crippen molar-refractivity contribution in [3.63, 3.8) is 0 Å². The van der Waals surface area contributed by atoms with E-state index in [0.717, 1.165) is 0 Å². The summed E-state index contributed by atoms with van der Waals surface area (Å²) in [6.45, 7) is 0. The van der Waals surface area contributed by atoms with E-state index in [0.29, 0.717) is 12.1 Å². The van der Waals surface area contributed by atoms with Crippen LogP contribution in [-0.2, 0) is 0 Å². The summed E-state index contributed by atoms with van der Waals surface area (Å²) in [6, 6.07) is 4.68. The highest BCUT2D eigenvalue weighted by molar-refractivity contribution is 5.92. The van der Waals surface area contributed by atoms with Crippen molar-refractivity contribution in [2.75, 3.05) is 7.11 Å². The summed E-state index contributed by atoms with van der Waals surface area (Å²) in [5, 5.41) is 8.93. The molecule has 20 heavy (non-hydrogen) atoms. The molecule has 3 nitrogen and oxygen atoms in total. The first-order valence-corrected chi connectivity index (χ1v) is 5.50. The van der Waals surface area contributed by atoms with Crippen molar-refractivity contribution >= 4 is 5.97 Å². The number of aromatic carboxylic acids is 1. The number of carboxylic acids is 1. The van der Waals surface area contributed by atoms with Crippen LogP contribution in [0.15, 0.2) is 30.3 Å². The topological polar surface area (TPSA) is 46.5 Å². The molecule has 0 bridgehead atoms. The van der Waals surface area contributed by atoms with Gasteiger partial charge in [-0.15, -0.1) is 0 Å². The molecular formula is C14H9F3O3. The van der Waals surface area contributed by atoms with Gasteiger partial charge >= 0.3 is 5.97 Å². The fourth-order valence-electron chi connectivity index (χ4n) is 1.84. The van der Waals surface area contributed by atoms with Crippen molar-refractivity contribution < 1.29 is 27.8 Å². The van der Waals surface area contributed by atoms with Crippen molar-refractivity contribution in [3.05, 3.63) is 53.3 Å². The van der Waals surface area contributed by atoms with Crippen molar-refractivity contribution in [2.45, 2.75) is 0 Å². The number of ether oxygens (including phenoxy) is 1. The van der Waals surface area contributed by atoms with Gasteiger partial charge in [-0.05, 0) is 17.7 Å². The van der Waals surface area contributed by atoms with Crippen LogP contribution in [0, 0.1) is 17.5 Å². The van der Waals surface area contributed by atoms with E-state index in [9.17, 15) is 18.0 Å². The summed E-state index contributed by atoms with van der Waals surface area (Å²) >= 11 is 0. The number of hydrogen-bond donors (Lipinski definition) is 1. The van der Waals surface area contributed by atoms with Gasteiger partial charge in [0.1, 0.15) is 28.8 Å². The minimum absolute atomic E-state index is 0.0434. The minimum Gasteiger partial charge on any atom is -0.496 e. The lowest BCUT2D eigenvalue weighted by Gasteiger charge is -2.09. The maximum Gasteiger partial charge on any atom is 0.339 e. The first kappa shape index (κ1) is 13.9. The van der Waals surface area contributed by atoms with Gasteiger partial charge in [0.05, 0.1) is 12.7 Å². The highest BCUT2D eigenvalue weighted by Gasteiger charge is 2.17. The van der Waals surface area contributed by atoms with Gasteiger partial charge in [-0.25, -0.2) is 18.0 Å². The Morgan fingerprint density at radius 3 is 2.20 bits per heavy atom. The first-order chi connectivity index (χ1) is 9.43. The monoisotopic (exact) mass is 282 g/mol. The quantitative estimate of drug-likeness (QED) is 0.937. The third kappa shape index (κ3) is 2.45. The molecule has 0 spiro atoms. The van der Waals surface area contributed by atoms with Crippen LogP contribution in [0.3, 0.4) is 0 Å². The van der Waals surface area contributed by atoms with Gasteiger partial charge < -0.3 is 9.84 Å². The molecule has 0 unspecified atom stereocenters. The normalized spacial score (nSPS) is 10.4. The zero-order valence-electron chi connectivity index (χ0n) is 10.3. The molecule has 0 aromatic heterocycles. The molecule has 104 valence electrons. The fraction of sp³-hybridized carbons (Fsp3) is 0.0714. The van der Waals surface area contributed by atoms with Crippen molar-refractivity contribution in [1.82, 2.24) is 0 Å². The average Bonchev–Trinajstić information content (AvgIpc) is 2.37. The van der Waals surface area contributed by atoms with Gasteiger partial charge in [0.15, 0.2) is 0 Å². The third-order valence-corrected chi connectivity index (χ3v) is 2.73. The van der Waals surface area contributed by atoms with Gasteiger partial charge in [0, 0.05) is 12.1 Å². The molecule has 2 rings (SSSR count). The van der Waals surface area contributed by atoms with E-state index in [1.165, 1.54) is 25.3 Å². The van der Waals surface area contributed by atoms with Gasteiger partial charge in [-0.2, -0.15) is 0 Å². The highest BCUT2D eigenvalue weighted by Crippen LogP contribution is 2.31. The number of methoxy groups -OCH3 is 1. The standard InChI is InChI=1S/C14H9F3O3/c1-20-12-4-7(2-3-9(12)14(18)19)13-10(16)5-8(15)6-11(13)17/h2-6H,1H3,(H,18,19). The van der Waals surface area contributed by atoms with E-state index in [2.05, 4.69) is 0 Å². The van der Waals surface area contributed by atoms with Crippen molar-refractivity contribution in [1.29, 1.82) is 0 Å². The molecule has 0 aliphatic carbocycles. The predicted molar refractivity (Wildman–Crippen MR) is 65.3 cm³/mol. The molecule has 0 heterocycles. The predicted octanol–water partition coefficient (Wildman–Crippen LogP) is 3.48. The van der Waals surface area contributed by atoms with Gasteiger partial charge in [-0.3, -0.25) is 0 Å². The Hall–Kier alpha value is -2.50. The smallest absolute Gasteiger partial charge is 0.339 e. The Kier molecular flexibility index (Phi) is 3.65. The van der Waals surface area contributed by atoms with Crippen LogP contribution < -0.4 is 4.74 Å². The SMILES string of the molecule is COc1cc(-c2c(F)cc(F)cc2F)ccc1C(=O)O. The zero-order valence-corrected chi connectivity index (χ0v) is 10.3. The van der Waals surface area contributed by atoms with Crippen LogP contribution in [0.25, 0.3) is 11.1 Å². The summed E-state index contributed by atoms with van der Waals surface area (Å²) in [4.78, 5) is 10.9. The first-order valence-electron chi connectivity index (χ1n) is 5.50. The summed E-state index contributed by atoms with van der Waals surface area (Å²) < 4.78 is 45.0. The molecule has 1 N–H and O–H groups in total. The maximum atomic E-state index is 13.7. The van der Waals surface area contributed by atoms with Crippen molar-refractivity contribution in [2.24, 2.45) is 0 Å². The highest BCUT2D eigenvalue weighted by atomic mass is 19.1. The second-order valence-electron chi connectivity index (χ2n) is 3.96. The second-order valence-corrected chi connectivity index (χ2v) is 3.96. The maximum absolute atomic E-state index is 13.7. The molecule has 6 heteroatoms. The molecule has 0 aliphatic rings. The molecule has 0 atom stereocenters. The number of carboxylic acid groups (broad SMARTS) is 1. The largest absolute Gasteiger partial charge is 0.496 e. The number of carbonyl (C=O) groups is 1. The molecular weight excluding hydrogens is 273 g/mol. The van der Waals surface area contributed by atoms with E-state index in [4.69, 9.17) is 9.84 Å². The molecule has 0 aliphatic heterocycles. The Morgan fingerprint density at radius 1 is 1.10 bits per heavy atom. The summed E-state index contributed by atoms with van der Waals surface area (Å²) in [6.07, 6.45) is 0. The van der Waals surface area contributed by atoms with E-state index < -0.39 is 29.0 Å². The van der Waals surface area contributed by atoms with E-state index >= 15 is 0 Å². The van der Waals surface area contributed by atoms with Gasteiger partial charge in [0.2, 0.25) is 0 Å². The Morgan fingerprint density at radius 2 is 1.70 bits per heavy atom. The molecule has 2 aromatic rings. The van der Waals surface area contributed by atoms with E-state index in [1.807, 2.05) is 0 Å². The van der Waals surface area contributed by atoms with Crippen LogP contribution in [0.4, 0.5) is 13.2 Å².